The number of benzene rings is 1. The molecule has 1 aromatic rings. The van der Waals surface area contributed by atoms with Crippen molar-refractivity contribution in [2.24, 2.45) is 0 Å². The first-order chi connectivity index (χ1) is 10.5. The summed E-state index contributed by atoms with van der Waals surface area (Å²) in [5.74, 6) is 0. The Morgan fingerprint density at radius 2 is 0.500 bits per heavy atom. The predicted octanol–water partition coefficient (Wildman–Crippen LogP) is 1.81. The van der Waals surface area contributed by atoms with Gasteiger partial charge in [-0.1, -0.05) is 36.4 Å². The summed E-state index contributed by atoms with van der Waals surface area (Å²) in [7, 11) is 3.50. The van der Waals surface area contributed by atoms with Gasteiger partial charge in [0.05, 0.1) is 22.4 Å². The van der Waals surface area contributed by atoms with E-state index in [-0.39, 0.29) is 0 Å². The molecule has 1 rings (SSSR count). The highest BCUT2D eigenvalue weighted by molar-refractivity contribution is 5.95. The van der Waals surface area contributed by atoms with Crippen LogP contribution in [0.4, 0.5) is 0 Å². The molecule has 140 valence electrons. The topological polar surface area (TPSA) is 101 Å². The Kier molecular flexibility index (Phi) is 13.5. The molecule has 0 bridgehead atoms. The monoisotopic (exact) mass is 342 g/mol. The van der Waals surface area contributed by atoms with E-state index >= 15 is 0 Å². The van der Waals surface area contributed by atoms with Crippen LogP contribution in [0.5, 0.6) is 0 Å². The molecule has 0 aromatic heterocycles. The van der Waals surface area contributed by atoms with Gasteiger partial charge in [-0.3, -0.25) is 0 Å². The van der Waals surface area contributed by atoms with E-state index in [4.69, 9.17) is 25.5 Å². The molecule has 0 aliphatic rings. The number of hydrogen-bond donors (Lipinski definition) is 5. The summed E-state index contributed by atoms with van der Waals surface area (Å²) >= 11 is 0. The van der Waals surface area contributed by atoms with Gasteiger partial charge < -0.3 is 25.5 Å². The van der Waals surface area contributed by atoms with Crippen molar-refractivity contribution in [1.29, 1.82) is 0 Å². The van der Waals surface area contributed by atoms with Crippen LogP contribution in [-0.2, 0) is 0 Å². The minimum absolute atomic E-state index is 1.01. The van der Waals surface area contributed by atoms with Crippen LogP contribution >= 0.6 is 0 Å². The van der Waals surface area contributed by atoms with Crippen LogP contribution in [0, 0.1) is 0 Å². The van der Waals surface area contributed by atoms with Crippen LogP contribution < -0.4 is 0 Å². The van der Waals surface area contributed by atoms with Crippen molar-refractivity contribution in [3.63, 3.8) is 0 Å². The van der Waals surface area contributed by atoms with Gasteiger partial charge in [0, 0.05) is 0 Å². The first kappa shape index (κ1) is 27.9. The van der Waals surface area contributed by atoms with Gasteiger partial charge in [0.25, 0.3) is 8.05 Å². The fraction of sp³-hybridized carbons (Fsp3) is 0.667. The molecule has 24 heavy (non-hydrogen) atoms. The maximum Gasteiger partial charge on any atom is 0.277 e. The molecule has 2 radical (unpaired) electrons. The second-order valence-electron chi connectivity index (χ2n) is 7.39. The van der Waals surface area contributed by atoms with E-state index in [1.165, 1.54) is 0 Å². The van der Waals surface area contributed by atoms with Crippen LogP contribution in [-0.4, -0.2) is 55.9 Å². The zero-order valence-electron chi connectivity index (χ0n) is 16.3. The molecule has 5 nitrogen and oxygen atoms in total. The molecule has 0 amide bonds. The minimum Gasteiger partial charge on any atom is -0.461 e. The Balaban J connectivity index is -0.000000263. The van der Waals surface area contributed by atoms with E-state index in [0.717, 1.165) is 0 Å². The average Bonchev–Trinajstić information content (AvgIpc) is 2.40. The molecule has 0 saturated heterocycles. The van der Waals surface area contributed by atoms with Crippen molar-refractivity contribution in [3.8, 4) is 0 Å². The van der Waals surface area contributed by atoms with Gasteiger partial charge in [-0.25, -0.2) is 0 Å². The Labute approximate surface area is 148 Å². The first-order valence-electron chi connectivity index (χ1n) is 7.65. The summed E-state index contributed by atoms with van der Waals surface area (Å²) in [5, 5.41) is 42.9. The molecular weight excluding hydrogens is 307 g/mol. The Bertz CT molecular complexity index is 306. The first-order valence-corrected chi connectivity index (χ1v) is 7.65. The minimum atomic E-state index is -1.01. The Hall–Kier alpha value is -0.915. The largest absolute Gasteiger partial charge is 0.461 e. The van der Waals surface area contributed by atoms with Crippen LogP contribution in [0.25, 0.3) is 0 Å². The lowest BCUT2D eigenvalue weighted by atomic mass is 9.90. The highest BCUT2D eigenvalue weighted by Gasteiger charge is 2.32. The highest BCUT2D eigenvalue weighted by atomic mass is 16.4. The predicted molar refractivity (Wildman–Crippen MR) is 99.6 cm³/mol. The third-order valence-corrected chi connectivity index (χ3v) is 3.66. The Morgan fingerprint density at radius 1 is 0.417 bits per heavy atom. The third kappa shape index (κ3) is 16.0. The SMILES string of the molecule is CC(C)(O)C(C)(C)O.CC(C)(O)C(C)(C)O.[B]O.c1ccccc1. The summed E-state index contributed by atoms with van der Waals surface area (Å²) in [4.78, 5) is 0. The van der Waals surface area contributed by atoms with E-state index in [2.05, 4.69) is 8.05 Å². The zero-order valence-corrected chi connectivity index (χ0v) is 16.3. The van der Waals surface area contributed by atoms with E-state index < -0.39 is 22.4 Å². The lowest BCUT2D eigenvalue weighted by Gasteiger charge is -2.31. The molecule has 0 fully saturated rings. The van der Waals surface area contributed by atoms with Gasteiger partial charge in [-0.05, 0) is 55.4 Å². The van der Waals surface area contributed by atoms with Crippen LogP contribution in [0.1, 0.15) is 55.4 Å². The average molecular weight is 342 g/mol. The van der Waals surface area contributed by atoms with Crippen molar-refractivity contribution in [2.45, 2.75) is 77.8 Å². The van der Waals surface area contributed by atoms with Gasteiger partial charge in [0.2, 0.25) is 0 Å². The Morgan fingerprint density at radius 3 is 0.542 bits per heavy atom. The van der Waals surface area contributed by atoms with E-state index in [9.17, 15) is 0 Å². The molecular formula is C18H35BO5. The van der Waals surface area contributed by atoms with Crippen LogP contribution in [0.3, 0.4) is 0 Å². The summed E-state index contributed by atoms with van der Waals surface area (Å²) in [6.07, 6.45) is 0. The molecule has 0 heterocycles. The number of rotatable bonds is 2. The van der Waals surface area contributed by atoms with Gasteiger partial charge in [0.15, 0.2) is 0 Å². The molecule has 0 unspecified atom stereocenters. The standard InChI is InChI=1S/2C6H14O2.C6H6.BHO/c2*1-5(2,7)6(3,4)8;1-2-4-6-5-3-1;1-2/h2*7-8H,1-4H3;1-6H;2H. The van der Waals surface area contributed by atoms with E-state index in [1.807, 2.05) is 36.4 Å². The molecule has 0 aliphatic heterocycles. The molecule has 6 heteroatoms. The third-order valence-electron chi connectivity index (χ3n) is 3.66. The molecule has 0 atom stereocenters. The maximum absolute atomic E-state index is 9.10. The fourth-order valence-corrected chi connectivity index (χ4v) is 0.385. The molecule has 0 spiro atoms. The summed E-state index contributed by atoms with van der Waals surface area (Å²) < 4.78 is 0. The molecule has 1 aromatic carbocycles. The van der Waals surface area contributed by atoms with Gasteiger partial charge in [-0.15, -0.1) is 0 Å². The second-order valence-corrected chi connectivity index (χ2v) is 7.39. The van der Waals surface area contributed by atoms with E-state index in [1.54, 1.807) is 55.4 Å². The normalized spacial score (nSPS) is 11.7. The molecule has 0 aliphatic carbocycles. The lowest BCUT2D eigenvalue weighted by Crippen LogP contribution is -2.44. The highest BCUT2D eigenvalue weighted by Crippen LogP contribution is 2.19. The summed E-state index contributed by atoms with van der Waals surface area (Å²) in [6, 6.07) is 12.0. The van der Waals surface area contributed by atoms with Crippen molar-refractivity contribution < 1.29 is 25.5 Å². The number of hydrogen-bond acceptors (Lipinski definition) is 5. The summed E-state index contributed by atoms with van der Waals surface area (Å²) in [6.45, 7) is 12.6. The summed E-state index contributed by atoms with van der Waals surface area (Å²) in [5.41, 5.74) is -4.03. The number of aliphatic hydroxyl groups is 4. The van der Waals surface area contributed by atoms with Crippen LogP contribution in [0.15, 0.2) is 36.4 Å². The molecule has 5 N–H and O–H groups in total. The van der Waals surface area contributed by atoms with Gasteiger partial charge in [0.1, 0.15) is 0 Å². The second kappa shape index (κ2) is 11.6. The smallest absolute Gasteiger partial charge is 0.277 e. The molecule has 0 saturated carbocycles. The van der Waals surface area contributed by atoms with Crippen molar-refractivity contribution >= 4 is 8.05 Å². The van der Waals surface area contributed by atoms with Crippen molar-refractivity contribution in [3.05, 3.63) is 36.4 Å². The van der Waals surface area contributed by atoms with Crippen LogP contribution in [0.2, 0.25) is 0 Å². The van der Waals surface area contributed by atoms with Crippen molar-refractivity contribution in [1.82, 2.24) is 0 Å². The van der Waals surface area contributed by atoms with Gasteiger partial charge in [-0.2, -0.15) is 0 Å². The van der Waals surface area contributed by atoms with Crippen molar-refractivity contribution in [2.75, 3.05) is 0 Å². The lowest BCUT2D eigenvalue weighted by molar-refractivity contribution is -0.107. The van der Waals surface area contributed by atoms with E-state index in [0.29, 0.717) is 0 Å². The quantitative estimate of drug-likeness (QED) is 0.528. The van der Waals surface area contributed by atoms with Gasteiger partial charge >= 0.3 is 0 Å². The zero-order chi connectivity index (χ0) is 20.2. The maximum atomic E-state index is 9.10. The fourth-order valence-electron chi connectivity index (χ4n) is 0.385.